The molecule has 0 bridgehead atoms. The van der Waals surface area contributed by atoms with Crippen molar-refractivity contribution in [3.05, 3.63) is 22.4 Å². The molecular weight excluding hydrogens is 246 g/mol. The molecule has 0 aliphatic carbocycles. The van der Waals surface area contributed by atoms with Crippen LogP contribution in [0.5, 0.6) is 0 Å². The third-order valence-electron chi connectivity index (χ3n) is 2.42. The lowest BCUT2D eigenvalue weighted by molar-refractivity contribution is -0.147. The number of carboxylic acids is 1. The average molecular weight is 257 g/mol. The van der Waals surface area contributed by atoms with Gasteiger partial charge in [-0.1, -0.05) is 0 Å². The van der Waals surface area contributed by atoms with Crippen LogP contribution in [-0.2, 0) is 16.0 Å². The number of thioether (sulfide) groups is 1. The molecule has 4 nitrogen and oxygen atoms in total. The monoisotopic (exact) mass is 257 g/mol. The van der Waals surface area contributed by atoms with Gasteiger partial charge in [-0.05, 0) is 22.4 Å². The zero-order chi connectivity index (χ0) is 11.5. The van der Waals surface area contributed by atoms with Crippen molar-refractivity contribution in [3.8, 4) is 0 Å². The van der Waals surface area contributed by atoms with Crippen LogP contribution in [0.3, 0.4) is 0 Å². The van der Waals surface area contributed by atoms with Gasteiger partial charge >= 0.3 is 5.97 Å². The smallest absolute Gasteiger partial charge is 0.327 e. The highest BCUT2D eigenvalue weighted by molar-refractivity contribution is 7.99. The van der Waals surface area contributed by atoms with Gasteiger partial charge in [0.05, 0.1) is 12.3 Å². The lowest BCUT2D eigenvalue weighted by Gasteiger charge is -2.20. The number of carbonyl (C=O) groups is 2. The maximum atomic E-state index is 11.9. The molecule has 6 heteroatoms. The van der Waals surface area contributed by atoms with Crippen molar-refractivity contribution in [2.45, 2.75) is 12.5 Å². The molecule has 1 atom stereocenters. The van der Waals surface area contributed by atoms with Crippen LogP contribution in [0.4, 0.5) is 0 Å². The number of rotatable bonds is 3. The predicted molar refractivity (Wildman–Crippen MR) is 63.6 cm³/mol. The standard InChI is InChI=1S/C10H11NO3S2/c12-9(3-7-1-2-15-4-7)11-6-16-5-8(11)10(13)14/h1-2,4,8H,3,5-6H2,(H,13,14)/t8-/m0/s1. The van der Waals surface area contributed by atoms with Crippen LogP contribution in [0.2, 0.25) is 0 Å². The molecule has 0 unspecified atom stereocenters. The summed E-state index contributed by atoms with van der Waals surface area (Å²) in [6, 6.07) is 1.23. The van der Waals surface area contributed by atoms with E-state index in [1.54, 1.807) is 0 Å². The number of thiophene rings is 1. The number of hydrogen-bond acceptors (Lipinski definition) is 4. The molecule has 1 aliphatic rings. The summed E-state index contributed by atoms with van der Waals surface area (Å²) in [7, 11) is 0. The van der Waals surface area contributed by atoms with E-state index >= 15 is 0 Å². The number of hydrogen-bond donors (Lipinski definition) is 1. The molecule has 1 amide bonds. The summed E-state index contributed by atoms with van der Waals surface area (Å²) < 4.78 is 0. The highest BCUT2D eigenvalue weighted by atomic mass is 32.2. The van der Waals surface area contributed by atoms with E-state index in [1.807, 2.05) is 16.8 Å². The first-order chi connectivity index (χ1) is 7.68. The van der Waals surface area contributed by atoms with E-state index in [0.717, 1.165) is 5.56 Å². The van der Waals surface area contributed by atoms with Crippen molar-refractivity contribution in [3.63, 3.8) is 0 Å². The molecule has 86 valence electrons. The molecule has 1 aromatic rings. The lowest BCUT2D eigenvalue weighted by Crippen LogP contribution is -2.42. The minimum absolute atomic E-state index is 0.101. The molecular formula is C10H11NO3S2. The Morgan fingerprint density at radius 1 is 1.56 bits per heavy atom. The Morgan fingerprint density at radius 2 is 2.38 bits per heavy atom. The van der Waals surface area contributed by atoms with Gasteiger partial charge < -0.3 is 10.0 Å². The van der Waals surface area contributed by atoms with Gasteiger partial charge in [0.2, 0.25) is 5.91 Å². The van der Waals surface area contributed by atoms with Crippen LogP contribution < -0.4 is 0 Å². The Labute approximate surface area is 101 Å². The summed E-state index contributed by atoms with van der Waals surface area (Å²) in [4.78, 5) is 24.2. The highest BCUT2D eigenvalue weighted by Gasteiger charge is 2.34. The van der Waals surface area contributed by atoms with Crippen molar-refractivity contribution >= 4 is 35.0 Å². The first-order valence-electron chi connectivity index (χ1n) is 4.79. The minimum Gasteiger partial charge on any atom is -0.480 e. The molecule has 1 aromatic heterocycles. The second-order valence-corrected chi connectivity index (χ2v) is 5.31. The van der Waals surface area contributed by atoms with E-state index in [4.69, 9.17) is 5.11 Å². The molecule has 2 heterocycles. The van der Waals surface area contributed by atoms with Crippen LogP contribution in [0.15, 0.2) is 16.8 Å². The lowest BCUT2D eigenvalue weighted by atomic mass is 10.2. The van der Waals surface area contributed by atoms with Crippen molar-refractivity contribution in [1.82, 2.24) is 4.90 Å². The fourth-order valence-corrected chi connectivity index (χ4v) is 3.40. The Hall–Kier alpha value is -1.01. The first-order valence-corrected chi connectivity index (χ1v) is 6.89. The van der Waals surface area contributed by atoms with Crippen LogP contribution in [0.1, 0.15) is 5.56 Å². The summed E-state index contributed by atoms with van der Waals surface area (Å²) in [6.07, 6.45) is 0.299. The minimum atomic E-state index is -0.913. The quantitative estimate of drug-likeness (QED) is 0.886. The van der Waals surface area contributed by atoms with Crippen LogP contribution in [0, 0.1) is 0 Å². The normalized spacial score (nSPS) is 20.0. The van der Waals surface area contributed by atoms with Gasteiger partial charge in [-0.15, -0.1) is 11.8 Å². The van der Waals surface area contributed by atoms with Gasteiger partial charge in [-0.2, -0.15) is 11.3 Å². The molecule has 0 radical (unpaired) electrons. The van der Waals surface area contributed by atoms with Crippen molar-refractivity contribution in [1.29, 1.82) is 0 Å². The molecule has 16 heavy (non-hydrogen) atoms. The summed E-state index contributed by atoms with van der Waals surface area (Å²) in [5, 5.41) is 12.8. The predicted octanol–water partition coefficient (Wildman–Crippen LogP) is 1.28. The molecule has 0 saturated carbocycles. The maximum absolute atomic E-state index is 11.9. The molecule has 0 spiro atoms. The van der Waals surface area contributed by atoms with Crippen molar-refractivity contribution < 1.29 is 14.7 Å². The zero-order valence-electron chi connectivity index (χ0n) is 8.46. The Balaban J connectivity index is 2.01. The SMILES string of the molecule is O=C(O)[C@@H]1CSCN1C(=O)Cc1ccsc1. The third-order valence-corrected chi connectivity index (χ3v) is 4.17. The third kappa shape index (κ3) is 2.38. The number of carbonyl (C=O) groups excluding carboxylic acids is 1. The van der Waals surface area contributed by atoms with E-state index in [1.165, 1.54) is 28.0 Å². The highest BCUT2D eigenvalue weighted by Crippen LogP contribution is 2.22. The number of amides is 1. The summed E-state index contributed by atoms with van der Waals surface area (Å²) in [5.74, 6) is -0.0375. The van der Waals surface area contributed by atoms with Gasteiger partial charge in [0.1, 0.15) is 6.04 Å². The van der Waals surface area contributed by atoms with Gasteiger partial charge in [-0.25, -0.2) is 4.79 Å². The molecule has 1 saturated heterocycles. The van der Waals surface area contributed by atoms with E-state index in [9.17, 15) is 9.59 Å². The second-order valence-electron chi connectivity index (χ2n) is 3.53. The van der Waals surface area contributed by atoms with Crippen molar-refractivity contribution in [2.75, 3.05) is 11.6 Å². The van der Waals surface area contributed by atoms with Crippen LogP contribution >= 0.6 is 23.1 Å². The number of aliphatic carboxylic acids is 1. The summed E-state index contributed by atoms with van der Waals surface area (Å²) in [5.41, 5.74) is 0.955. The van der Waals surface area contributed by atoms with Crippen LogP contribution in [-0.4, -0.2) is 39.6 Å². The van der Waals surface area contributed by atoms with Gasteiger partial charge in [-0.3, -0.25) is 4.79 Å². The van der Waals surface area contributed by atoms with E-state index in [0.29, 0.717) is 18.1 Å². The number of carboxylic acid groups (broad SMARTS) is 1. The zero-order valence-corrected chi connectivity index (χ0v) is 10.1. The van der Waals surface area contributed by atoms with Gasteiger partial charge in [0.25, 0.3) is 0 Å². The maximum Gasteiger partial charge on any atom is 0.327 e. The molecule has 1 aliphatic heterocycles. The van der Waals surface area contributed by atoms with Crippen LogP contribution in [0.25, 0.3) is 0 Å². The molecule has 2 rings (SSSR count). The topological polar surface area (TPSA) is 57.6 Å². The second kappa shape index (κ2) is 4.88. The summed E-state index contributed by atoms with van der Waals surface area (Å²) in [6.45, 7) is 0. The van der Waals surface area contributed by atoms with E-state index < -0.39 is 12.0 Å². The molecule has 1 fully saturated rings. The Kier molecular flexibility index (Phi) is 3.50. The van der Waals surface area contributed by atoms with E-state index in [2.05, 4.69) is 0 Å². The molecule has 0 aromatic carbocycles. The van der Waals surface area contributed by atoms with Gasteiger partial charge in [0.15, 0.2) is 0 Å². The first kappa shape index (κ1) is 11.5. The number of nitrogens with zero attached hydrogens (tertiary/aromatic N) is 1. The largest absolute Gasteiger partial charge is 0.480 e. The molecule has 1 N–H and O–H groups in total. The van der Waals surface area contributed by atoms with Gasteiger partial charge in [0, 0.05) is 5.75 Å². The van der Waals surface area contributed by atoms with E-state index in [-0.39, 0.29) is 5.91 Å². The fourth-order valence-electron chi connectivity index (χ4n) is 1.56. The fraction of sp³-hybridized carbons (Fsp3) is 0.400. The van der Waals surface area contributed by atoms with Crippen molar-refractivity contribution in [2.24, 2.45) is 0 Å². The Morgan fingerprint density at radius 3 is 3.00 bits per heavy atom. The summed E-state index contributed by atoms with van der Waals surface area (Å²) >= 11 is 3.03. The Bertz CT molecular complexity index is 391. The average Bonchev–Trinajstić information content (AvgIpc) is 2.86.